The highest BCUT2D eigenvalue weighted by Crippen LogP contribution is 2.19. The van der Waals surface area contributed by atoms with Crippen LogP contribution in [-0.2, 0) is 7.05 Å². The minimum Gasteiger partial charge on any atom is -0.494 e. The van der Waals surface area contributed by atoms with E-state index >= 15 is 0 Å². The highest BCUT2D eigenvalue weighted by atomic mass is 16.3. The number of nitrogens with zero attached hydrogens (tertiary/aromatic N) is 2. The van der Waals surface area contributed by atoms with E-state index in [9.17, 15) is 9.90 Å². The molecule has 13 heavy (non-hydrogen) atoms. The zero-order valence-electron chi connectivity index (χ0n) is 7.33. The van der Waals surface area contributed by atoms with E-state index in [4.69, 9.17) is 0 Å². The third-order valence-corrected chi connectivity index (χ3v) is 2.17. The Kier molecular flexibility index (Phi) is 1.42. The monoisotopic (exact) mass is 179 g/mol. The Morgan fingerprint density at radius 2 is 2.31 bits per heavy atom. The van der Waals surface area contributed by atoms with Gasteiger partial charge in [-0.3, -0.25) is 9.36 Å². The van der Waals surface area contributed by atoms with E-state index in [1.54, 1.807) is 6.92 Å². The summed E-state index contributed by atoms with van der Waals surface area (Å²) in [4.78, 5) is 18.2. The molecule has 0 amide bonds. The average Bonchev–Trinajstić information content (AvgIpc) is 2.59. The van der Waals surface area contributed by atoms with Crippen molar-refractivity contribution in [1.29, 1.82) is 0 Å². The van der Waals surface area contributed by atoms with Gasteiger partial charge in [-0.05, 0) is 6.92 Å². The van der Waals surface area contributed by atoms with Crippen molar-refractivity contribution in [2.45, 2.75) is 6.92 Å². The lowest BCUT2D eigenvalue weighted by Crippen LogP contribution is -2.17. The molecule has 2 rings (SSSR count). The Morgan fingerprint density at radius 3 is 3.00 bits per heavy atom. The predicted octanol–water partition coefficient (Wildman–Crippen LogP) is 0.276. The van der Waals surface area contributed by atoms with Gasteiger partial charge in [0.2, 0.25) is 0 Å². The Hall–Kier alpha value is -1.78. The van der Waals surface area contributed by atoms with Gasteiger partial charge in [-0.1, -0.05) is 0 Å². The molecule has 0 fully saturated rings. The molecule has 0 radical (unpaired) electrons. The molecule has 0 aliphatic heterocycles. The maximum absolute atomic E-state index is 11.5. The van der Waals surface area contributed by atoms with Crippen molar-refractivity contribution in [3.05, 3.63) is 22.2 Å². The van der Waals surface area contributed by atoms with Gasteiger partial charge in [-0.25, -0.2) is 4.98 Å². The first-order valence-corrected chi connectivity index (χ1v) is 3.84. The molecule has 2 N–H and O–H groups in total. The van der Waals surface area contributed by atoms with Gasteiger partial charge in [0.05, 0.1) is 6.33 Å². The quantitative estimate of drug-likeness (QED) is 0.610. The van der Waals surface area contributed by atoms with Gasteiger partial charge < -0.3 is 10.1 Å². The summed E-state index contributed by atoms with van der Waals surface area (Å²) in [6.07, 6.45) is 1.44. The highest BCUT2D eigenvalue weighted by Gasteiger charge is 2.11. The van der Waals surface area contributed by atoms with Crippen molar-refractivity contribution in [3.8, 4) is 5.88 Å². The van der Waals surface area contributed by atoms with Crippen LogP contribution in [0, 0.1) is 6.92 Å². The number of aromatic hydroxyl groups is 1. The minimum atomic E-state index is -0.268. The number of H-pyrrole nitrogens is 1. The number of nitrogens with one attached hydrogen (secondary N) is 1. The van der Waals surface area contributed by atoms with Crippen LogP contribution in [0.25, 0.3) is 11.0 Å². The first-order chi connectivity index (χ1) is 6.13. The molecule has 0 aromatic carbocycles. The molecule has 0 aliphatic carbocycles. The maximum Gasteiger partial charge on any atom is 0.279 e. The van der Waals surface area contributed by atoms with Crippen LogP contribution in [0.5, 0.6) is 5.88 Å². The number of aromatic amines is 1. The van der Waals surface area contributed by atoms with Gasteiger partial charge in [0.15, 0.2) is 5.88 Å². The number of rotatable bonds is 0. The molecule has 0 aliphatic rings. The molecule has 2 aromatic heterocycles. The predicted molar refractivity (Wildman–Crippen MR) is 47.7 cm³/mol. The van der Waals surface area contributed by atoms with Crippen molar-refractivity contribution in [3.63, 3.8) is 0 Å². The van der Waals surface area contributed by atoms with Crippen molar-refractivity contribution in [2.75, 3.05) is 0 Å². The van der Waals surface area contributed by atoms with Gasteiger partial charge in [-0.15, -0.1) is 0 Å². The fourth-order valence-corrected chi connectivity index (χ4v) is 1.36. The number of fused-ring (bicyclic) bond motifs is 1. The average molecular weight is 179 g/mol. The zero-order valence-corrected chi connectivity index (χ0v) is 7.33. The largest absolute Gasteiger partial charge is 0.494 e. The van der Waals surface area contributed by atoms with Crippen LogP contribution in [0.1, 0.15) is 5.56 Å². The van der Waals surface area contributed by atoms with Crippen molar-refractivity contribution < 1.29 is 5.11 Å². The van der Waals surface area contributed by atoms with Crippen molar-refractivity contribution in [2.24, 2.45) is 7.05 Å². The molecule has 5 nitrogen and oxygen atoms in total. The summed E-state index contributed by atoms with van der Waals surface area (Å²) in [5.41, 5.74) is 1.30. The molecule has 2 aromatic rings. The number of aryl methyl sites for hydroxylation is 1. The highest BCUT2D eigenvalue weighted by molar-refractivity contribution is 5.78. The normalized spacial score (nSPS) is 10.9. The summed E-state index contributed by atoms with van der Waals surface area (Å²) in [5.74, 6) is -0.0374. The Labute approximate surface area is 73.7 Å². The van der Waals surface area contributed by atoms with Crippen LogP contribution >= 0.6 is 0 Å². The molecular formula is C8H9N3O2. The van der Waals surface area contributed by atoms with Crippen LogP contribution in [0.4, 0.5) is 0 Å². The second-order valence-corrected chi connectivity index (χ2v) is 2.94. The van der Waals surface area contributed by atoms with E-state index in [2.05, 4.69) is 9.97 Å². The zero-order chi connectivity index (χ0) is 9.59. The first-order valence-electron chi connectivity index (χ1n) is 3.84. The number of hydrogen-bond acceptors (Lipinski definition) is 3. The molecule has 5 heteroatoms. The summed E-state index contributed by atoms with van der Waals surface area (Å²) in [6, 6.07) is 0. The van der Waals surface area contributed by atoms with Gasteiger partial charge in [0, 0.05) is 12.6 Å². The number of hydrogen-bond donors (Lipinski definition) is 2. The fraction of sp³-hybridized carbons (Fsp3) is 0.250. The molecule has 0 saturated carbocycles. The third-order valence-electron chi connectivity index (χ3n) is 2.17. The maximum atomic E-state index is 11.5. The van der Waals surface area contributed by atoms with E-state index in [1.807, 2.05) is 0 Å². The SMILES string of the molecule is Cc1c(O)n(C)c(=O)c2[nH]cnc12. The van der Waals surface area contributed by atoms with Gasteiger partial charge in [0.25, 0.3) is 5.56 Å². The van der Waals surface area contributed by atoms with Crippen LogP contribution in [0.3, 0.4) is 0 Å². The molecule has 0 spiro atoms. The number of imidazole rings is 1. The third kappa shape index (κ3) is 0.867. The molecule has 0 bridgehead atoms. The molecule has 0 saturated heterocycles. The summed E-state index contributed by atoms with van der Waals surface area (Å²) < 4.78 is 1.19. The summed E-state index contributed by atoms with van der Waals surface area (Å²) in [6.45, 7) is 1.72. The minimum absolute atomic E-state index is 0.0374. The van der Waals surface area contributed by atoms with E-state index in [0.29, 0.717) is 16.6 Å². The summed E-state index contributed by atoms with van der Waals surface area (Å²) in [7, 11) is 1.52. The molecule has 0 unspecified atom stereocenters. The van der Waals surface area contributed by atoms with E-state index in [1.165, 1.54) is 17.9 Å². The van der Waals surface area contributed by atoms with Crippen LogP contribution in [-0.4, -0.2) is 19.6 Å². The second kappa shape index (κ2) is 2.35. The lowest BCUT2D eigenvalue weighted by molar-refractivity contribution is 0.420. The van der Waals surface area contributed by atoms with Crippen molar-refractivity contribution >= 4 is 11.0 Å². The lowest BCUT2D eigenvalue weighted by Gasteiger charge is -2.04. The Morgan fingerprint density at radius 1 is 1.62 bits per heavy atom. The van der Waals surface area contributed by atoms with E-state index in [-0.39, 0.29) is 11.4 Å². The van der Waals surface area contributed by atoms with Crippen LogP contribution in [0.2, 0.25) is 0 Å². The Bertz CT molecular complexity index is 524. The number of aromatic nitrogens is 3. The van der Waals surface area contributed by atoms with Crippen molar-refractivity contribution in [1.82, 2.24) is 14.5 Å². The second-order valence-electron chi connectivity index (χ2n) is 2.94. The van der Waals surface area contributed by atoms with Gasteiger partial charge in [0.1, 0.15) is 11.0 Å². The smallest absolute Gasteiger partial charge is 0.279 e. The summed E-state index contributed by atoms with van der Waals surface area (Å²) in [5, 5.41) is 9.51. The molecule has 68 valence electrons. The lowest BCUT2D eigenvalue weighted by atomic mass is 10.2. The fourth-order valence-electron chi connectivity index (χ4n) is 1.36. The first kappa shape index (κ1) is 7.85. The number of pyridine rings is 1. The van der Waals surface area contributed by atoms with E-state index in [0.717, 1.165) is 0 Å². The standard InChI is InChI=1S/C8H9N3O2/c1-4-5-6(10-3-9-5)8(13)11(2)7(4)12/h3,12H,1-2H3,(H,9,10). The molecule has 2 heterocycles. The summed E-state index contributed by atoms with van der Waals surface area (Å²) >= 11 is 0. The van der Waals surface area contributed by atoms with E-state index < -0.39 is 0 Å². The van der Waals surface area contributed by atoms with Gasteiger partial charge in [-0.2, -0.15) is 0 Å². The van der Waals surface area contributed by atoms with Gasteiger partial charge >= 0.3 is 0 Å². The van der Waals surface area contributed by atoms with Crippen LogP contribution < -0.4 is 5.56 Å². The molecular weight excluding hydrogens is 170 g/mol. The molecule has 0 atom stereocenters. The Balaban J connectivity index is 3.11. The van der Waals surface area contributed by atoms with Crippen LogP contribution in [0.15, 0.2) is 11.1 Å². The topological polar surface area (TPSA) is 70.9 Å².